The summed E-state index contributed by atoms with van der Waals surface area (Å²) in [5, 5.41) is 13.0. The maximum absolute atomic E-state index is 10.5. The molecule has 1 aromatic carbocycles. The van der Waals surface area contributed by atoms with Crippen molar-refractivity contribution in [1.29, 1.82) is 0 Å². The van der Waals surface area contributed by atoms with Gasteiger partial charge in [0.25, 0.3) is 0 Å². The van der Waals surface area contributed by atoms with Crippen LogP contribution in [0.2, 0.25) is 5.28 Å². The van der Waals surface area contributed by atoms with Crippen LogP contribution in [0.3, 0.4) is 0 Å². The van der Waals surface area contributed by atoms with Gasteiger partial charge in [-0.05, 0) is 55.2 Å². The van der Waals surface area contributed by atoms with Crippen molar-refractivity contribution in [2.24, 2.45) is 5.92 Å². The summed E-state index contributed by atoms with van der Waals surface area (Å²) in [5.74, 6) is 1.18. The molecule has 31 heavy (non-hydrogen) atoms. The Balaban J connectivity index is 1.23. The molecule has 3 heterocycles. The molecule has 1 aliphatic carbocycles. The van der Waals surface area contributed by atoms with Crippen LogP contribution in [-0.4, -0.2) is 42.7 Å². The van der Waals surface area contributed by atoms with Crippen molar-refractivity contribution in [2.45, 2.75) is 57.1 Å². The molecule has 2 N–H and O–H groups in total. The summed E-state index contributed by atoms with van der Waals surface area (Å²) < 4.78 is 2.16. The standard InChI is InChI=1S/C23H29ClN6O/c24-23-26-21(20-22(27-23)30(15-25-20)18-8-4-5-9-18)28-29-12-10-16(11-13-29)14-19(31)17-6-2-1-3-7-17/h1-3,6-7,15-16,18-19,31H,4-5,8-14H2,(H,26,27,28). The van der Waals surface area contributed by atoms with Crippen LogP contribution < -0.4 is 5.43 Å². The summed E-state index contributed by atoms with van der Waals surface area (Å²) in [6.07, 6.45) is 9.16. The van der Waals surface area contributed by atoms with Crippen LogP contribution in [0.1, 0.15) is 62.7 Å². The van der Waals surface area contributed by atoms with Gasteiger partial charge in [0.2, 0.25) is 5.28 Å². The average molecular weight is 441 g/mol. The van der Waals surface area contributed by atoms with E-state index in [1.807, 2.05) is 36.7 Å². The summed E-state index contributed by atoms with van der Waals surface area (Å²) >= 11 is 6.27. The predicted octanol–water partition coefficient (Wildman–Crippen LogP) is 4.76. The second-order valence-corrected chi connectivity index (χ2v) is 9.15. The van der Waals surface area contributed by atoms with Crippen LogP contribution in [-0.2, 0) is 0 Å². The Morgan fingerprint density at radius 3 is 2.55 bits per heavy atom. The summed E-state index contributed by atoms with van der Waals surface area (Å²) in [6.45, 7) is 1.78. The first-order chi connectivity index (χ1) is 15.2. The van der Waals surface area contributed by atoms with Crippen molar-refractivity contribution in [3.05, 3.63) is 47.5 Å². The van der Waals surface area contributed by atoms with E-state index in [0.717, 1.165) is 61.9 Å². The lowest BCUT2D eigenvalue weighted by atomic mass is 9.89. The number of nitrogens with zero attached hydrogens (tertiary/aromatic N) is 5. The summed E-state index contributed by atoms with van der Waals surface area (Å²) in [7, 11) is 0. The molecular formula is C23H29ClN6O. The Bertz CT molecular complexity index is 1010. The molecule has 2 aromatic heterocycles. The Kier molecular flexibility index (Phi) is 6.07. The number of piperidine rings is 1. The molecular weight excluding hydrogens is 412 g/mol. The fourth-order valence-electron chi connectivity index (χ4n) is 4.97. The van der Waals surface area contributed by atoms with Crippen LogP contribution in [0.15, 0.2) is 36.7 Å². The normalized spacial score (nSPS) is 19.8. The Morgan fingerprint density at radius 1 is 1.06 bits per heavy atom. The van der Waals surface area contributed by atoms with E-state index < -0.39 is 6.10 Å². The highest BCUT2D eigenvalue weighted by molar-refractivity contribution is 6.28. The zero-order chi connectivity index (χ0) is 21.2. The lowest BCUT2D eigenvalue weighted by Crippen LogP contribution is -2.38. The number of anilines is 1. The number of fused-ring (bicyclic) bond motifs is 1. The summed E-state index contributed by atoms with van der Waals surface area (Å²) in [5.41, 5.74) is 6.02. The van der Waals surface area contributed by atoms with E-state index in [0.29, 0.717) is 17.8 Å². The molecule has 1 aliphatic heterocycles. The number of benzene rings is 1. The third kappa shape index (κ3) is 4.54. The molecule has 0 radical (unpaired) electrons. The number of hydrogen-bond acceptors (Lipinski definition) is 6. The van der Waals surface area contributed by atoms with Crippen molar-refractivity contribution in [2.75, 3.05) is 18.5 Å². The number of nitrogens with one attached hydrogen (secondary N) is 1. The van der Waals surface area contributed by atoms with E-state index in [9.17, 15) is 5.11 Å². The van der Waals surface area contributed by atoms with E-state index in [-0.39, 0.29) is 5.28 Å². The molecule has 1 saturated heterocycles. The molecule has 8 heteroatoms. The number of aromatic nitrogens is 4. The lowest BCUT2D eigenvalue weighted by molar-refractivity contribution is 0.115. The number of halogens is 1. The zero-order valence-corrected chi connectivity index (χ0v) is 18.4. The van der Waals surface area contributed by atoms with Crippen LogP contribution in [0.5, 0.6) is 0 Å². The summed E-state index contributed by atoms with van der Waals surface area (Å²) in [6, 6.07) is 10.4. The Hall–Kier alpha value is -2.22. The zero-order valence-electron chi connectivity index (χ0n) is 17.6. The van der Waals surface area contributed by atoms with Gasteiger partial charge in [-0.1, -0.05) is 43.2 Å². The minimum atomic E-state index is -0.398. The van der Waals surface area contributed by atoms with Crippen molar-refractivity contribution in [1.82, 2.24) is 24.5 Å². The van der Waals surface area contributed by atoms with Gasteiger partial charge in [-0.15, -0.1) is 0 Å². The van der Waals surface area contributed by atoms with Gasteiger partial charge in [0.15, 0.2) is 17.0 Å². The van der Waals surface area contributed by atoms with Crippen molar-refractivity contribution in [3.8, 4) is 0 Å². The SMILES string of the molecule is OC(CC1CCN(Nc2nc(Cl)nc3c2ncn3C2CCCC2)CC1)c1ccccc1. The van der Waals surface area contributed by atoms with E-state index >= 15 is 0 Å². The number of hydrazine groups is 1. The predicted molar refractivity (Wildman–Crippen MR) is 122 cm³/mol. The van der Waals surface area contributed by atoms with Gasteiger partial charge < -0.3 is 15.1 Å². The molecule has 164 valence electrons. The van der Waals surface area contributed by atoms with Gasteiger partial charge >= 0.3 is 0 Å². The highest BCUT2D eigenvalue weighted by atomic mass is 35.5. The lowest BCUT2D eigenvalue weighted by Gasteiger charge is -2.33. The maximum Gasteiger partial charge on any atom is 0.226 e. The second kappa shape index (κ2) is 9.10. The van der Waals surface area contributed by atoms with Gasteiger partial charge in [0.1, 0.15) is 0 Å². The fourth-order valence-corrected chi connectivity index (χ4v) is 5.14. The molecule has 3 aromatic rings. The smallest absolute Gasteiger partial charge is 0.226 e. The molecule has 0 bridgehead atoms. The minimum Gasteiger partial charge on any atom is -0.388 e. The van der Waals surface area contributed by atoms with Crippen LogP contribution >= 0.6 is 11.6 Å². The van der Waals surface area contributed by atoms with Gasteiger partial charge in [-0.25, -0.2) is 9.99 Å². The van der Waals surface area contributed by atoms with Crippen molar-refractivity contribution >= 4 is 28.6 Å². The molecule has 2 fully saturated rings. The number of hydrogen-bond donors (Lipinski definition) is 2. The first-order valence-corrected chi connectivity index (χ1v) is 11.7. The van der Waals surface area contributed by atoms with E-state index in [1.165, 1.54) is 12.8 Å². The minimum absolute atomic E-state index is 0.246. The average Bonchev–Trinajstić information content (AvgIpc) is 3.45. The van der Waals surface area contributed by atoms with Gasteiger partial charge in [-0.2, -0.15) is 9.97 Å². The third-order valence-corrected chi connectivity index (χ3v) is 6.90. The molecule has 1 saturated carbocycles. The van der Waals surface area contributed by atoms with Crippen molar-refractivity contribution in [3.63, 3.8) is 0 Å². The van der Waals surface area contributed by atoms with Crippen LogP contribution in [0.25, 0.3) is 11.2 Å². The van der Waals surface area contributed by atoms with E-state index in [4.69, 9.17) is 11.6 Å². The Morgan fingerprint density at radius 2 is 1.81 bits per heavy atom. The molecule has 1 unspecified atom stereocenters. The second-order valence-electron chi connectivity index (χ2n) is 8.81. The Labute approximate surface area is 187 Å². The number of rotatable bonds is 6. The van der Waals surface area contributed by atoms with Gasteiger partial charge in [0.05, 0.1) is 12.4 Å². The first-order valence-electron chi connectivity index (χ1n) is 11.3. The third-order valence-electron chi connectivity index (χ3n) is 6.73. The molecule has 1 atom stereocenters. The van der Waals surface area contributed by atoms with Crippen molar-refractivity contribution < 1.29 is 5.11 Å². The number of imidazole rings is 1. The largest absolute Gasteiger partial charge is 0.388 e. The number of aliphatic hydroxyl groups is 1. The molecule has 0 spiro atoms. The highest BCUT2D eigenvalue weighted by Crippen LogP contribution is 2.33. The number of aliphatic hydroxyl groups excluding tert-OH is 1. The van der Waals surface area contributed by atoms with E-state index in [2.05, 4.69) is 30.0 Å². The van der Waals surface area contributed by atoms with Crippen LogP contribution in [0, 0.1) is 5.92 Å². The topological polar surface area (TPSA) is 79.1 Å². The maximum atomic E-state index is 10.5. The summed E-state index contributed by atoms with van der Waals surface area (Å²) in [4.78, 5) is 13.5. The van der Waals surface area contributed by atoms with Crippen LogP contribution in [0.4, 0.5) is 5.82 Å². The van der Waals surface area contributed by atoms with E-state index in [1.54, 1.807) is 0 Å². The first kappa shape index (κ1) is 20.7. The van der Waals surface area contributed by atoms with Gasteiger partial charge in [-0.3, -0.25) is 0 Å². The highest BCUT2D eigenvalue weighted by Gasteiger charge is 2.25. The molecule has 7 nitrogen and oxygen atoms in total. The molecule has 0 amide bonds. The monoisotopic (exact) mass is 440 g/mol. The fraction of sp³-hybridized carbons (Fsp3) is 0.522. The molecule has 2 aliphatic rings. The quantitative estimate of drug-likeness (QED) is 0.538. The van der Waals surface area contributed by atoms with Gasteiger partial charge in [0, 0.05) is 19.1 Å². The molecule has 5 rings (SSSR count).